The van der Waals surface area contributed by atoms with Gasteiger partial charge < -0.3 is 15.1 Å². The first-order valence-corrected chi connectivity index (χ1v) is 6.98. The minimum Gasteiger partial charge on any atom is -0.481 e. The van der Waals surface area contributed by atoms with Gasteiger partial charge in [0, 0.05) is 24.2 Å². The largest absolute Gasteiger partial charge is 0.481 e. The number of carboxylic acids is 1. The summed E-state index contributed by atoms with van der Waals surface area (Å²) in [5.74, 6) is -0.0865. The summed E-state index contributed by atoms with van der Waals surface area (Å²) in [7, 11) is 0. The number of aliphatic carboxylic acids is 1. The minimum absolute atomic E-state index is 0.125. The molecule has 1 atom stereocenters. The van der Waals surface area contributed by atoms with Gasteiger partial charge in [0.15, 0.2) is 6.23 Å². The van der Waals surface area contributed by atoms with Crippen molar-refractivity contribution in [1.82, 2.24) is 4.90 Å². The Morgan fingerprint density at radius 2 is 1.95 bits per heavy atom. The van der Waals surface area contributed by atoms with Gasteiger partial charge in [-0.15, -0.1) is 0 Å². The number of rotatable bonds is 5. The molecule has 1 heterocycles. The smallest absolute Gasteiger partial charge is 0.303 e. The van der Waals surface area contributed by atoms with Crippen molar-refractivity contribution in [1.29, 1.82) is 0 Å². The molecule has 0 amide bonds. The zero-order chi connectivity index (χ0) is 15.4. The maximum absolute atomic E-state index is 10.6. The Balaban J connectivity index is 2.26. The normalized spacial score (nSPS) is 18.7. The Bertz CT molecular complexity index is 578. The third kappa shape index (κ3) is 3.49. The molecule has 1 aliphatic rings. The lowest BCUT2D eigenvalue weighted by Crippen LogP contribution is -2.35. The van der Waals surface area contributed by atoms with Crippen LogP contribution in [0.5, 0.6) is 0 Å². The van der Waals surface area contributed by atoms with E-state index >= 15 is 0 Å². The van der Waals surface area contributed by atoms with E-state index in [9.17, 15) is 9.90 Å². The fourth-order valence-corrected chi connectivity index (χ4v) is 2.58. The Labute approximate surface area is 124 Å². The second-order valence-electron chi connectivity index (χ2n) is 5.06. The standard InChI is InChI=1S/C16H20N2O3/c1-11-15(13-7-4-3-5-8-13)16(21)17-12(2)18(11)10-6-9-14(19)20/h3-5,7-8,16,21H,6,9-10H2,1-2H3,(H,19,20). The number of hydrogen-bond acceptors (Lipinski definition) is 4. The second kappa shape index (κ2) is 6.54. The van der Waals surface area contributed by atoms with Gasteiger partial charge in [-0.1, -0.05) is 30.3 Å². The number of aliphatic hydroxyl groups excluding tert-OH is 1. The number of benzene rings is 1. The third-order valence-electron chi connectivity index (χ3n) is 3.61. The van der Waals surface area contributed by atoms with Crippen LogP contribution in [-0.4, -0.2) is 39.7 Å². The summed E-state index contributed by atoms with van der Waals surface area (Å²) in [4.78, 5) is 16.9. The van der Waals surface area contributed by atoms with E-state index < -0.39 is 12.2 Å². The SMILES string of the molecule is CC1=NC(O)C(c2ccccc2)=C(C)N1CCCC(=O)O. The van der Waals surface area contributed by atoms with E-state index in [1.807, 2.05) is 49.1 Å². The molecule has 1 aromatic carbocycles. The molecule has 2 N–H and O–H groups in total. The number of aliphatic imine (C=N–C) groups is 1. The molecule has 0 spiro atoms. The lowest BCUT2D eigenvalue weighted by Gasteiger charge is -2.33. The van der Waals surface area contributed by atoms with Crippen LogP contribution in [-0.2, 0) is 4.79 Å². The zero-order valence-electron chi connectivity index (χ0n) is 12.3. The molecule has 0 saturated carbocycles. The van der Waals surface area contributed by atoms with Crippen LogP contribution in [0.3, 0.4) is 0 Å². The van der Waals surface area contributed by atoms with Crippen molar-refractivity contribution >= 4 is 17.4 Å². The van der Waals surface area contributed by atoms with E-state index in [-0.39, 0.29) is 6.42 Å². The van der Waals surface area contributed by atoms with E-state index in [2.05, 4.69) is 4.99 Å². The van der Waals surface area contributed by atoms with Crippen molar-refractivity contribution in [3.05, 3.63) is 41.6 Å². The summed E-state index contributed by atoms with van der Waals surface area (Å²) in [5.41, 5.74) is 2.63. The highest BCUT2D eigenvalue weighted by atomic mass is 16.4. The van der Waals surface area contributed by atoms with Crippen molar-refractivity contribution in [2.24, 2.45) is 4.99 Å². The van der Waals surface area contributed by atoms with Gasteiger partial charge in [-0.2, -0.15) is 0 Å². The fraction of sp³-hybridized carbons (Fsp3) is 0.375. The maximum Gasteiger partial charge on any atom is 0.303 e. The number of allylic oxidation sites excluding steroid dienone is 1. The van der Waals surface area contributed by atoms with Crippen molar-refractivity contribution in [2.75, 3.05) is 6.54 Å². The summed E-state index contributed by atoms with van der Waals surface area (Å²) in [6.45, 7) is 4.34. The average molecular weight is 288 g/mol. The lowest BCUT2D eigenvalue weighted by atomic mass is 10.0. The average Bonchev–Trinajstić information content (AvgIpc) is 2.43. The molecule has 21 heavy (non-hydrogen) atoms. The van der Waals surface area contributed by atoms with Crippen LogP contribution >= 0.6 is 0 Å². The van der Waals surface area contributed by atoms with Crippen LogP contribution in [0.15, 0.2) is 41.0 Å². The molecule has 1 aliphatic heterocycles. The molecule has 0 fully saturated rings. The van der Waals surface area contributed by atoms with E-state index in [0.29, 0.717) is 18.8 Å². The predicted molar refractivity (Wildman–Crippen MR) is 81.7 cm³/mol. The number of nitrogens with zero attached hydrogens (tertiary/aromatic N) is 2. The first kappa shape index (κ1) is 15.3. The van der Waals surface area contributed by atoms with Gasteiger partial charge in [-0.05, 0) is 25.8 Å². The summed E-state index contributed by atoms with van der Waals surface area (Å²) in [6.07, 6.45) is -0.207. The molecular weight excluding hydrogens is 268 g/mol. The van der Waals surface area contributed by atoms with Gasteiger partial charge >= 0.3 is 5.97 Å². The molecule has 0 saturated heterocycles. The summed E-state index contributed by atoms with van der Waals surface area (Å²) < 4.78 is 0. The van der Waals surface area contributed by atoms with Crippen LogP contribution < -0.4 is 0 Å². The van der Waals surface area contributed by atoms with Crippen LogP contribution in [0.1, 0.15) is 32.3 Å². The number of aliphatic hydroxyl groups is 1. The molecule has 0 bridgehead atoms. The van der Waals surface area contributed by atoms with Crippen LogP contribution in [0, 0.1) is 0 Å². The highest BCUT2D eigenvalue weighted by Gasteiger charge is 2.25. The molecule has 1 aromatic rings. The Morgan fingerprint density at radius 1 is 1.29 bits per heavy atom. The number of carbonyl (C=O) groups is 1. The maximum atomic E-state index is 10.6. The summed E-state index contributed by atoms with van der Waals surface area (Å²) >= 11 is 0. The van der Waals surface area contributed by atoms with E-state index in [4.69, 9.17) is 5.11 Å². The molecule has 0 radical (unpaired) electrons. The van der Waals surface area contributed by atoms with Crippen molar-refractivity contribution in [2.45, 2.75) is 32.9 Å². The van der Waals surface area contributed by atoms with Gasteiger partial charge in [-0.3, -0.25) is 4.79 Å². The second-order valence-corrected chi connectivity index (χ2v) is 5.06. The number of hydrogen-bond donors (Lipinski definition) is 2. The predicted octanol–water partition coefficient (Wildman–Crippen LogP) is 2.33. The zero-order valence-corrected chi connectivity index (χ0v) is 12.3. The minimum atomic E-state index is -0.872. The number of amidine groups is 1. The van der Waals surface area contributed by atoms with Gasteiger partial charge in [0.1, 0.15) is 5.84 Å². The lowest BCUT2D eigenvalue weighted by molar-refractivity contribution is -0.137. The molecule has 0 aliphatic carbocycles. The molecule has 2 rings (SSSR count). The summed E-state index contributed by atoms with van der Waals surface area (Å²) in [6, 6.07) is 9.64. The fourth-order valence-electron chi connectivity index (χ4n) is 2.58. The third-order valence-corrected chi connectivity index (χ3v) is 3.61. The highest BCUT2D eigenvalue weighted by molar-refractivity contribution is 5.88. The molecule has 5 heteroatoms. The summed E-state index contributed by atoms with van der Waals surface area (Å²) in [5, 5.41) is 19.0. The molecule has 0 aromatic heterocycles. The molecule has 1 unspecified atom stereocenters. The van der Waals surface area contributed by atoms with E-state index in [0.717, 1.165) is 16.8 Å². The van der Waals surface area contributed by atoms with Crippen LogP contribution in [0.25, 0.3) is 5.57 Å². The van der Waals surface area contributed by atoms with Gasteiger partial charge in [0.05, 0.1) is 0 Å². The quantitative estimate of drug-likeness (QED) is 0.872. The Hall–Kier alpha value is -2.14. The Morgan fingerprint density at radius 3 is 2.57 bits per heavy atom. The first-order valence-electron chi connectivity index (χ1n) is 6.98. The monoisotopic (exact) mass is 288 g/mol. The van der Waals surface area contributed by atoms with E-state index in [1.165, 1.54) is 0 Å². The van der Waals surface area contributed by atoms with Gasteiger partial charge in [0.2, 0.25) is 0 Å². The van der Waals surface area contributed by atoms with Crippen LogP contribution in [0.2, 0.25) is 0 Å². The Kier molecular flexibility index (Phi) is 4.75. The van der Waals surface area contributed by atoms with Gasteiger partial charge in [0.25, 0.3) is 0 Å². The highest BCUT2D eigenvalue weighted by Crippen LogP contribution is 2.29. The van der Waals surface area contributed by atoms with Crippen molar-refractivity contribution in [3.8, 4) is 0 Å². The first-order chi connectivity index (χ1) is 10.0. The molecule has 5 nitrogen and oxygen atoms in total. The number of carboxylic acid groups (broad SMARTS) is 1. The van der Waals surface area contributed by atoms with Crippen LogP contribution in [0.4, 0.5) is 0 Å². The van der Waals surface area contributed by atoms with Crippen molar-refractivity contribution in [3.63, 3.8) is 0 Å². The molecular formula is C16H20N2O3. The van der Waals surface area contributed by atoms with E-state index in [1.54, 1.807) is 0 Å². The molecule has 112 valence electrons. The van der Waals surface area contributed by atoms with Gasteiger partial charge in [-0.25, -0.2) is 4.99 Å². The van der Waals surface area contributed by atoms with Crippen molar-refractivity contribution < 1.29 is 15.0 Å². The topological polar surface area (TPSA) is 73.1 Å².